The van der Waals surface area contributed by atoms with Gasteiger partial charge in [-0.2, -0.15) is 0 Å². The van der Waals surface area contributed by atoms with Gasteiger partial charge < -0.3 is 20.7 Å². The lowest BCUT2D eigenvalue weighted by Crippen LogP contribution is -2.30. The van der Waals surface area contributed by atoms with E-state index in [-0.39, 0.29) is 11.6 Å². The number of rotatable bonds is 11. The number of carbonyl (C=O) groups is 3. The van der Waals surface area contributed by atoms with E-state index in [0.717, 1.165) is 10.6 Å². The number of hydrogen-bond donors (Lipinski definition) is 3. The Morgan fingerprint density at radius 2 is 1.32 bits per heavy atom. The van der Waals surface area contributed by atoms with Crippen LogP contribution in [0.3, 0.4) is 0 Å². The summed E-state index contributed by atoms with van der Waals surface area (Å²) in [5.74, 6) is 0.239. The fourth-order valence-electron chi connectivity index (χ4n) is 4.26. The molecular weight excluding hydrogens is 653 g/mol. The highest BCUT2D eigenvalue weighted by Crippen LogP contribution is 2.28. The molecule has 0 saturated heterocycles. The molecule has 0 spiro atoms. The number of halogens is 2. The zero-order chi connectivity index (χ0) is 33.2. The van der Waals surface area contributed by atoms with Gasteiger partial charge in [-0.15, -0.1) is 11.8 Å². The molecule has 7 nitrogen and oxygen atoms in total. The van der Waals surface area contributed by atoms with Crippen molar-refractivity contribution in [1.29, 1.82) is 0 Å². The topological polar surface area (TPSA) is 96.5 Å². The summed E-state index contributed by atoms with van der Waals surface area (Å²) in [6.45, 7) is 1.82. The Morgan fingerprint density at radius 1 is 0.723 bits per heavy atom. The number of benzene rings is 5. The van der Waals surface area contributed by atoms with Crippen LogP contribution in [0.5, 0.6) is 11.5 Å². The molecule has 1 unspecified atom stereocenters. The first-order valence-corrected chi connectivity index (χ1v) is 16.1. The molecule has 3 N–H and O–H groups in total. The normalized spacial score (nSPS) is 11.7. The highest BCUT2D eigenvalue weighted by atomic mass is 35.5. The monoisotopic (exact) mass is 681 g/mol. The molecule has 1 atom stereocenters. The van der Waals surface area contributed by atoms with Crippen LogP contribution >= 0.6 is 35.0 Å². The Hall–Kier alpha value is -5.02. The first-order chi connectivity index (χ1) is 22.7. The molecule has 0 aliphatic rings. The number of hydrogen-bond acceptors (Lipinski definition) is 5. The molecule has 0 bridgehead atoms. The third kappa shape index (κ3) is 9.73. The molecule has 10 heteroatoms. The molecule has 0 fully saturated rings. The van der Waals surface area contributed by atoms with Gasteiger partial charge in [0.2, 0.25) is 5.91 Å². The van der Waals surface area contributed by atoms with Crippen molar-refractivity contribution in [3.63, 3.8) is 0 Å². The second kappa shape index (κ2) is 16.0. The van der Waals surface area contributed by atoms with E-state index < -0.39 is 17.1 Å². The Morgan fingerprint density at radius 3 is 1.98 bits per heavy atom. The van der Waals surface area contributed by atoms with E-state index in [1.165, 1.54) is 17.8 Å². The van der Waals surface area contributed by atoms with Crippen LogP contribution in [-0.4, -0.2) is 23.0 Å². The van der Waals surface area contributed by atoms with Crippen LogP contribution in [-0.2, 0) is 9.59 Å². The van der Waals surface area contributed by atoms with E-state index in [1.807, 2.05) is 49.4 Å². The van der Waals surface area contributed by atoms with E-state index in [2.05, 4.69) is 16.0 Å². The van der Waals surface area contributed by atoms with Gasteiger partial charge in [-0.25, -0.2) is 0 Å². The van der Waals surface area contributed by atoms with Crippen LogP contribution in [0.1, 0.15) is 22.8 Å². The van der Waals surface area contributed by atoms with Gasteiger partial charge in [0.05, 0.1) is 5.25 Å². The van der Waals surface area contributed by atoms with E-state index >= 15 is 0 Å². The largest absolute Gasteiger partial charge is 0.457 e. The fourth-order valence-corrected chi connectivity index (χ4v) is 5.59. The van der Waals surface area contributed by atoms with Crippen LogP contribution < -0.4 is 20.7 Å². The van der Waals surface area contributed by atoms with E-state index in [4.69, 9.17) is 27.9 Å². The van der Waals surface area contributed by atoms with Crippen LogP contribution in [0.2, 0.25) is 10.0 Å². The Balaban J connectivity index is 1.20. The standard InChI is InChI=1S/C37H29Cl2N3O4S/c1-24(35(43)40-28-14-18-31(19-15-28)46-30-10-6-3-7-11-30)47-32-20-16-29(17-21-32)41-37(45)34(22-26-12-13-27(38)23-33(26)39)42-36(44)25-8-4-2-5-9-25/h2-24H,1H3,(H,40,43)(H,41,45)(H,42,44)/b34-22-. The zero-order valence-electron chi connectivity index (χ0n) is 25.1. The minimum absolute atomic E-state index is 0.00789. The molecule has 0 aliphatic carbocycles. The number of ether oxygens (including phenoxy) is 1. The minimum Gasteiger partial charge on any atom is -0.457 e. The number of amides is 3. The van der Waals surface area contributed by atoms with E-state index in [1.54, 1.807) is 84.9 Å². The summed E-state index contributed by atoms with van der Waals surface area (Å²) in [4.78, 5) is 40.0. The van der Waals surface area contributed by atoms with Crippen LogP contribution in [0.25, 0.3) is 6.08 Å². The number of anilines is 2. The minimum atomic E-state index is -0.548. The molecule has 236 valence electrons. The lowest BCUT2D eigenvalue weighted by atomic mass is 10.1. The van der Waals surface area contributed by atoms with Crippen molar-refractivity contribution >= 4 is 70.1 Å². The SMILES string of the molecule is CC(Sc1ccc(NC(=O)/C(=C/c2ccc(Cl)cc2Cl)NC(=O)c2ccccc2)cc1)C(=O)Nc1ccc(Oc2ccccc2)cc1. The van der Waals surface area contributed by atoms with Crippen molar-refractivity contribution in [2.45, 2.75) is 17.1 Å². The van der Waals surface area contributed by atoms with Crippen LogP contribution in [0, 0.1) is 0 Å². The summed E-state index contributed by atoms with van der Waals surface area (Å²) in [5.41, 5.74) is 2.04. The van der Waals surface area contributed by atoms with Crippen molar-refractivity contribution in [3.8, 4) is 11.5 Å². The summed E-state index contributed by atoms with van der Waals surface area (Å²) < 4.78 is 5.81. The molecular formula is C37H29Cl2N3O4S. The molecule has 0 saturated carbocycles. The third-order valence-corrected chi connectivity index (χ3v) is 8.36. The second-order valence-electron chi connectivity index (χ2n) is 10.2. The summed E-state index contributed by atoms with van der Waals surface area (Å²) in [7, 11) is 0. The molecule has 0 heterocycles. The van der Waals surface area contributed by atoms with Gasteiger partial charge in [0.25, 0.3) is 11.8 Å². The number of nitrogens with one attached hydrogen (secondary N) is 3. The number of carbonyl (C=O) groups excluding carboxylic acids is 3. The van der Waals surface area contributed by atoms with Crippen molar-refractivity contribution in [2.75, 3.05) is 10.6 Å². The summed E-state index contributed by atoms with van der Waals surface area (Å²) >= 11 is 13.8. The molecule has 3 amide bonds. The van der Waals surface area contributed by atoms with Crippen LogP contribution in [0.4, 0.5) is 11.4 Å². The van der Waals surface area contributed by atoms with Gasteiger partial charge in [-0.1, -0.05) is 65.7 Å². The third-order valence-electron chi connectivity index (χ3n) is 6.69. The summed E-state index contributed by atoms with van der Waals surface area (Å²) in [6.07, 6.45) is 1.49. The second-order valence-corrected chi connectivity index (χ2v) is 12.5. The Kier molecular flexibility index (Phi) is 11.4. The van der Waals surface area contributed by atoms with Crippen molar-refractivity contribution in [1.82, 2.24) is 5.32 Å². The molecule has 0 aliphatic heterocycles. The maximum Gasteiger partial charge on any atom is 0.272 e. The van der Waals surface area contributed by atoms with Crippen molar-refractivity contribution in [2.24, 2.45) is 0 Å². The maximum absolute atomic E-state index is 13.4. The zero-order valence-corrected chi connectivity index (χ0v) is 27.4. The van der Waals surface area contributed by atoms with E-state index in [9.17, 15) is 14.4 Å². The lowest BCUT2D eigenvalue weighted by molar-refractivity contribution is -0.115. The highest BCUT2D eigenvalue weighted by Gasteiger charge is 2.17. The smallest absolute Gasteiger partial charge is 0.272 e. The van der Waals surface area contributed by atoms with Crippen LogP contribution in [0.15, 0.2) is 138 Å². The first kappa shape index (κ1) is 33.3. The van der Waals surface area contributed by atoms with Gasteiger partial charge in [-0.3, -0.25) is 14.4 Å². The Labute approximate surface area is 287 Å². The highest BCUT2D eigenvalue weighted by molar-refractivity contribution is 8.00. The molecule has 5 rings (SSSR count). The fraction of sp³-hybridized carbons (Fsp3) is 0.0541. The molecule has 0 aromatic heterocycles. The summed E-state index contributed by atoms with van der Waals surface area (Å²) in [6, 6.07) is 37.1. The van der Waals surface area contributed by atoms with E-state index in [0.29, 0.717) is 38.3 Å². The van der Waals surface area contributed by atoms with Gasteiger partial charge in [0, 0.05) is 31.9 Å². The van der Waals surface area contributed by atoms with Crippen molar-refractivity contribution in [3.05, 3.63) is 154 Å². The quantitative estimate of drug-likeness (QED) is 0.0954. The van der Waals surface area contributed by atoms with Gasteiger partial charge in [0.15, 0.2) is 0 Å². The lowest BCUT2D eigenvalue weighted by Gasteiger charge is -2.14. The summed E-state index contributed by atoms with van der Waals surface area (Å²) in [5, 5.41) is 8.80. The average Bonchev–Trinajstić information content (AvgIpc) is 3.08. The van der Waals surface area contributed by atoms with Crippen molar-refractivity contribution < 1.29 is 19.1 Å². The molecule has 0 radical (unpaired) electrons. The maximum atomic E-state index is 13.4. The molecule has 47 heavy (non-hydrogen) atoms. The average molecular weight is 683 g/mol. The first-order valence-electron chi connectivity index (χ1n) is 14.5. The predicted molar refractivity (Wildman–Crippen MR) is 190 cm³/mol. The Bertz CT molecular complexity index is 1890. The predicted octanol–water partition coefficient (Wildman–Crippen LogP) is 9.31. The van der Waals surface area contributed by atoms with Gasteiger partial charge in [0.1, 0.15) is 17.2 Å². The van der Waals surface area contributed by atoms with Gasteiger partial charge >= 0.3 is 0 Å². The number of thioether (sulfide) groups is 1. The van der Waals surface area contributed by atoms with Gasteiger partial charge in [-0.05, 0) is 103 Å². The molecule has 5 aromatic rings. The number of para-hydroxylation sites is 1. The molecule has 5 aromatic carbocycles.